The van der Waals surface area contributed by atoms with Crippen molar-refractivity contribution in [2.24, 2.45) is 0 Å². The molecule has 0 aromatic heterocycles. The second-order valence-electron chi connectivity index (χ2n) is 3.29. The quantitative estimate of drug-likeness (QED) is 0.568. The van der Waals surface area contributed by atoms with Crippen LogP contribution in [-0.2, 0) is 9.53 Å². The van der Waals surface area contributed by atoms with Crippen LogP contribution in [-0.4, -0.2) is 19.2 Å². The average Bonchev–Trinajstić information content (AvgIpc) is 2.28. The fraction of sp³-hybridized carbons (Fsp3) is 0.417. The van der Waals surface area contributed by atoms with Crippen molar-refractivity contribution >= 4 is 17.6 Å². The standard InChI is InChI=1S/C12H15ClO3/c1-2-3-8-15-12(14)9-16-11-7-5-4-6-10(11)13/h4-7H,2-3,8-9H2,1H3. The lowest BCUT2D eigenvalue weighted by Gasteiger charge is -2.07. The monoisotopic (exact) mass is 242 g/mol. The summed E-state index contributed by atoms with van der Waals surface area (Å²) < 4.78 is 10.2. The van der Waals surface area contributed by atoms with Gasteiger partial charge in [-0.3, -0.25) is 0 Å². The molecule has 0 unspecified atom stereocenters. The molecule has 3 nitrogen and oxygen atoms in total. The highest BCUT2D eigenvalue weighted by Gasteiger charge is 2.05. The molecule has 0 radical (unpaired) electrons. The molecule has 0 heterocycles. The first-order chi connectivity index (χ1) is 7.74. The molecule has 1 aromatic rings. The van der Waals surface area contributed by atoms with Gasteiger partial charge in [-0.2, -0.15) is 0 Å². The number of esters is 1. The van der Waals surface area contributed by atoms with Crippen molar-refractivity contribution in [1.82, 2.24) is 0 Å². The van der Waals surface area contributed by atoms with Gasteiger partial charge in [0.2, 0.25) is 0 Å². The summed E-state index contributed by atoms with van der Waals surface area (Å²) in [6.07, 6.45) is 1.87. The number of hydrogen-bond donors (Lipinski definition) is 0. The van der Waals surface area contributed by atoms with Crippen molar-refractivity contribution in [3.63, 3.8) is 0 Å². The Kier molecular flexibility index (Phi) is 5.72. The van der Waals surface area contributed by atoms with E-state index in [1.165, 1.54) is 0 Å². The van der Waals surface area contributed by atoms with Gasteiger partial charge >= 0.3 is 5.97 Å². The molecular formula is C12H15ClO3. The number of carbonyl (C=O) groups excluding carboxylic acids is 1. The van der Waals surface area contributed by atoms with E-state index in [9.17, 15) is 4.79 Å². The van der Waals surface area contributed by atoms with Gasteiger partial charge in [-0.15, -0.1) is 0 Å². The van der Waals surface area contributed by atoms with Crippen LogP contribution in [0.4, 0.5) is 0 Å². The normalized spacial score (nSPS) is 9.88. The van der Waals surface area contributed by atoms with Gasteiger partial charge in [0.15, 0.2) is 6.61 Å². The van der Waals surface area contributed by atoms with Gasteiger partial charge in [-0.25, -0.2) is 4.79 Å². The molecule has 0 aliphatic heterocycles. The Hall–Kier alpha value is -1.22. The first-order valence-corrected chi connectivity index (χ1v) is 5.64. The van der Waals surface area contributed by atoms with Crippen molar-refractivity contribution in [2.75, 3.05) is 13.2 Å². The maximum absolute atomic E-state index is 11.2. The first kappa shape index (κ1) is 12.8. The van der Waals surface area contributed by atoms with Gasteiger partial charge in [-0.05, 0) is 18.6 Å². The zero-order chi connectivity index (χ0) is 11.8. The summed E-state index contributed by atoms with van der Waals surface area (Å²) in [5, 5.41) is 0.490. The van der Waals surface area contributed by atoms with E-state index < -0.39 is 0 Å². The lowest BCUT2D eigenvalue weighted by molar-refractivity contribution is -0.146. The number of hydrogen-bond acceptors (Lipinski definition) is 3. The van der Waals surface area contributed by atoms with E-state index in [0.717, 1.165) is 12.8 Å². The number of carbonyl (C=O) groups is 1. The molecule has 0 aliphatic rings. The van der Waals surface area contributed by atoms with Crippen LogP contribution < -0.4 is 4.74 Å². The minimum atomic E-state index is -0.367. The van der Waals surface area contributed by atoms with Crippen LogP contribution in [0.15, 0.2) is 24.3 Å². The average molecular weight is 243 g/mol. The molecule has 0 spiro atoms. The maximum Gasteiger partial charge on any atom is 0.344 e. The molecule has 0 amide bonds. The number of para-hydroxylation sites is 1. The highest BCUT2D eigenvalue weighted by Crippen LogP contribution is 2.22. The van der Waals surface area contributed by atoms with Gasteiger partial charge in [0, 0.05) is 0 Å². The molecule has 0 aliphatic carbocycles. The third-order valence-electron chi connectivity index (χ3n) is 1.94. The molecule has 16 heavy (non-hydrogen) atoms. The first-order valence-electron chi connectivity index (χ1n) is 5.27. The Bertz CT molecular complexity index is 339. The van der Waals surface area contributed by atoms with Crippen molar-refractivity contribution in [1.29, 1.82) is 0 Å². The molecule has 1 aromatic carbocycles. The Balaban J connectivity index is 2.29. The van der Waals surface area contributed by atoms with E-state index in [2.05, 4.69) is 0 Å². The van der Waals surface area contributed by atoms with Crippen LogP contribution in [0.1, 0.15) is 19.8 Å². The molecular weight excluding hydrogens is 228 g/mol. The van der Waals surface area contributed by atoms with Crippen LogP contribution in [0.2, 0.25) is 5.02 Å². The zero-order valence-corrected chi connectivity index (χ0v) is 10.00. The van der Waals surface area contributed by atoms with Crippen LogP contribution in [0, 0.1) is 0 Å². The second kappa shape index (κ2) is 7.12. The highest BCUT2D eigenvalue weighted by molar-refractivity contribution is 6.32. The largest absolute Gasteiger partial charge is 0.480 e. The van der Waals surface area contributed by atoms with Gasteiger partial charge < -0.3 is 9.47 Å². The van der Waals surface area contributed by atoms with Crippen molar-refractivity contribution in [3.05, 3.63) is 29.3 Å². The summed E-state index contributed by atoms with van der Waals surface area (Å²) in [5.41, 5.74) is 0. The third kappa shape index (κ3) is 4.53. The molecule has 0 atom stereocenters. The predicted octanol–water partition coefficient (Wildman–Crippen LogP) is 3.06. The van der Waals surface area contributed by atoms with E-state index in [0.29, 0.717) is 17.4 Å². The fourth-order valence-electron chi connectivity index (χ4n) is 1.07. The zero-order valence-electron chi connectivity index (χ0n) is 9.24. The van der Waals surface area contributed by atoms with E-state index in [-0.39, 0.29) is 12.6 Å². The van der Waals surface area contributed by atoms with Crippen LogP contribution in [0.5, 0.6) is 5.75 Å². The Morgan fingerprint density at radius 1 is 1.38 bits per heavy atom. The third-order valence-corrected chi connectivity index (χ3v) is 2.26. The van der Waals surface area contributed by atoms with Gasteiger partial charge in [-0.1, -0.05) is 37.1 Å². The van der Waals surface area contributed by atoms with Crippen LogP contribution >= 0.6 is 11.6 Å². The van der Waals surface area contributed by atoms with Crippen molar-refractivity contribution < 1.29 is 14.3 Å². The molecule has 4 heteroatoms. The Morgan fingerprint density at radius 2 is 2.12 bits per heavy atom. The lowest BCUT2D eigenvalue weighted by atomic mass is 10.3. The molecule has 1 rings (SSSR count). The fourth-order valence-corrected chi connectivity index (χ4v) is 1.26. The van der Waals surface area contributed by atoms with E-state index >= 15 is 0 Å². The smallest absolute Gasteiger partial charge is 0.344 e. The van der Waals surface area contributed by atoms with Gasteiger partial charge in [0.25, 0.3) is 0 Å². The molecule has 88 valence electrons. The highest BCUT2D eigenvalue weighted by atomic mass is 35.5. The molecule has 0 saturated carbocycles. The Labute approximate surface area is 100 Å². The van der Waals surface area contributed by atoms with E-state index in [4.69, 9.17) is 21.1 Å². The summed E-state index contributed by atoms with van der Waals surface area (Å²) >= 11 is 5.86. The van der Waals surface area contributed by atoms with Crippen LogP contribution in [0.25, 0.3) is 0 Å². The SMILES string of the molecule is CCCCOC(=O)COc1ccccc1Cl. The van der Waals surface area contributed by atoms with Crippen molar-refractivity contribution in [3.8, 4) is 5.75 Å². The topological polar surface area (TPSA) is 35.5 Å². The number of benzene rings is 1. The number of unbranched alkanes of at least 4 members (excludes halogenated alkanes) is 1. The minimum absolute atomic E-state index is 0.104. The lowest BCUT2D eigenvalue weighted by Crippen LogP contribution is -2.15. The minimum Gasteiger partial charge on any atom is -0.480 e. The summed E-state index contributed by atoms with van der Waals surface area (Å²) in [5.74, 6) is 0.130. The number of ether oxygens (including phenoxy) is 2. The van der Waals surface area contributed by atoms with E-state index in [1.807, 2.05) is 6.92 Å². The summed E-state index contributed by atoms with van der Waals surface area (Å²) in [6.45, 7) is 2.38. The molecule has 0 fully saturated rings. The molecule has 0 bridgehead atoms. The second-order valence-corrected chi connectivity index (χ2v) is 3.70. The van der Waals surface area contributed by atoms with Gasteiger partial charge in [0.1, 0.15) is 5.75 Å². The predicted molar refractivity (Wildman–Crippen MR) is 62.8 cm³/mol. The summed E-state index contributed by atoms with van der Waals surface area (Å²) in [4.78, 5) is 11.2. The Morgan fingerprint density at radius 3 is 2.81 bits per heavy atom. The maximum atomic E-state index is 11.2. The number of halogens is 1. The molecule has 0 N–H and O–H groups in total. The van der Waals surface area contributed by atoms with E-state index in [1.54, 1.807) is 24.3 Å². The summed E-state index contributed by atoms with van der Waals surface area (Å²) in [7, 11) is 0. The molecule has 0 saturated heterocycles. The van der Waals surface area contributed by atoms with Crippen LogP contribution in [0.3, 0.4) is 0 Å². The van der Waals surface area contributed by atoms with Crippen molar-refractivity contribution in [2.45, 2.75) is 19.8 Å². The number of rotatable bonds is 6. The summed E-state index contributed by atoms with van der Waals surface area (Å²) in [6, 6.07) is 7.01. The van der Waals surface area contributed by atoms with Gasteiger partial charge in [0.05, 0.1) is 11.6 Å².